The lowest BCUT2D eigenvalue weighted by Gasteiger charge is -2.12. The third-order valence-corrected chi connectivity index (χ3v) is 1.95. The van der Waals surface area contributed by atoms with E-state index in [1.54, 1.807) is 0 Å². The van der Waals surface area contributed by atoms with Crippen LogP contribution in [0.5, 0.6) is 0 Å². The van der Waals surface area contributed by atoms with Gasteiger partial charge in [0, 0.05) is 0 Å². The van der Waals surface area contributed by atoms with Gasteiger partial charge in [0.25, 0.3) is 0 Å². The predicted octanol–water partition coefficient (Wildman–Crippen LogP) is -0.207. The van der Waals surface area contributed by atoms with Crippen LogP contribution in [-0.2, 0) is 9.63 Å². The third-order valence-electron chi connectivity index (χ3n) is 1.31. The zero-order valence-corrected chi connectivity index (χ0v) is 7.97. The quantitative estimate of drug-likeness (QED) is 0.540. The maximum absolute atomic E-state index is 10.9. The Labute approximate surface area is 79.8 Å². The number of amides is 1. The summed E-state index contributed by atoms with van der Waals surface area (Å²) in [6.07, 6.45) is 0.950. The number of rotatable bonds is 5. The van der Waals surface area contributed by atoms with Gasteiger partial charge < -0.3 is 15.3 Å². The summed E-state index contributed by atoms with van der Waals surface area (Å²) in [6, 6.07) is -0.880. The van der Waals surface area contributed by atoms with Gasteiger partial charge in [-0.1, -0.05) is 0 Å². The molecule has 13 heavy (non-hydrogen) atoms. The molecule has 7 heteroatoms. The molecule has 6 nitrogen and oxygen atoms in total. The topological polar surface area (TPSA) is 102 Å². The van der Waals surface area contributed by atoms with E-state index in [2.05, 4.69) is 10.7 Å². The van der Waals surface area contributed by atoms with Crippen molar-refractivity contribution in [2.24, 2.45) is 5.90 Å². The zero-order valence-electron chi connectivity index (χ0n) is 7.15. The van der Waals surface area contributed by atoms with E-state index in [0.717, 1.165) is 0 Å². The van der Waals surface area contributed by atoms with E-state index in [4.69, 9.17) is 5.11 Å². The first-order chi connectivity index (χ1) is 6.11. The van der Waals surface area contributed by atoms with Gasteiger partial charge in [-0.3, -0.25) is 0 Å². The van der Waals surface area contributed by atoms with Gasteiger partial charge in [-0.15, -0.1) is 0 Å². The van der Waals surface area contributed by atoms with Crippen LogP contribution in [0.25, 0.3) is 0 Å². The van der Waals surface area contributed by atoms with Crippen LogP contribution >= 0.6 is 11.8 Å². The fourth-order valence-electron chi connectivity index (χ4n) is 0.716. The summed E-state index contributed by atoms with van der Waals surface area (Å²) in [5.74, 6) is 4.52. The Bertz CT molecular complexity index is 187. The van der Waals surface area contributed by atoms with Gasteiger partial charge in [-0.25, -0.2) is 9.59 Å². The molecule has 0 heterocycles. The summed E-state index contributed by atoms with van der Waals surface area (Å²) in [7, 11) is 0. The second-order valence-corrected chi connectivity index (χ2v) is 3.21. The Morgan fingerprint density at radius 2 is 2.31 bits per heavy atom. The molecule has 1 amide bonds. The average Bonchev–Trinajstić information content (AvgIpc) is 2.10. The lowest BCUT2D eigenvalue weighted by Crippen LogP contribution is -2.42. The molecule has 0 unspecified atom stereocenters. The van der Waals surface area contributed by atoms with Crippen molar-refractivity contribution < 1.29 is 19.5 Å². The first kappa shape index (κ1) is 12.0. The van der Waals surface area contributed by atoms with Crippen molar-refractivity contribution in [3.63, 3.8) is 0 Å². The second-order valence-electron chi connectivity index (χ2n) is 2.22. The number of carbonyl (C=O) groups is 2. The van der Waals surface area contributed by atoms with Crippen molar-refractivity contribution in [1.82, 2.24) is 5.32 Å². The Kier molecular flexibility index (Phi) is 6.07. The molecule has 0 aromatic rings. The van der Waals surface area contributed by atoms with Crippen LogP contribution in [-0.4, -0.2) is 35.2 Å². The monoisotopic (exact) mass is 208 g/mol. The molecular weight excluding hydrogens is 196 g/mol. The van der Waals surface area contributed by atoms with Gasteiger partial charge in [0.15, 0.2) is 0 Å². The molecule has 4 N–H and O–H groups in total. The number of thioether (sulfide) groups is 1. The largest absolute Gasteiger partial charge is 0.465 e. The Morgan fingerprint density at radius 1 is 1.69 bits per heavy atom. The second kappa shape index (κ2) is 6.55. The van der Waals surface area contributed by atoms with E-state index < -0.39 is 18.1 Å². The van der Waals surface area contributed by atoms with Crippen LogP contribution in [0.1, 0.15) is 6.42 Å². The number of hydrogen-bond donors (Lipinski definition) is 3. The van der Waals surface area contributed by atoms with Crippen LogP contribution < -0.4 is 11.2 Å². The molecule has 0 aliphatic carbocycles. The lowest BCUT2D eigenvalue weighted by molar-refractivity contribution is -0.146. The Hall–Kier alpha value is -0.950. The number of carbonyl (C=O) groups excluding carboxylic acids is 1. The van der Waals surface area contributed by atoms with Gasteiger partial charge >= 0.3 is 12.1 Å². The van der Waals surface area contributed by atoms with Gasteiger partial charge in [-0.05, 0) is 18.4 Å². The van der Waals surface area contributed by atoms with Crippen molar-refractivity contribution in [1.29, 1.82) is 0 Å². The van der Waals surface area contributed by atoms with Crippen molar-refractivity contribution in [3.05, 3.63) is 0 Å². The maximum atomic E-state index is 10.9. The third kappa shape index (κ3) is 5.31. The van der Waals surface area contributed by atoms with E-state index in [1.807, 2.05) is 11.6 Å². The zero-order chi connectivity index (χ0) is 10.3. The normalized spacial score (nSPS) is 11.8. The average molecular weight is 208 g/mol. The van der Waals surface area contributed by atoms with E-state index in [1.165, 1.54) is 11.8 Å². The molecule has 0 aromatic carbocycles. The van der Waals surface area contributed by atoms with Gasteiger partial charge in [0.2, 0.25) is 0 Å². The fourth-order valence-corrected chi connectivity index (χ4v) is 1.19. The summed E-state index contributed by atoms with van der Waals surface area (Å²) in [4.78, 5) is 25.0. The Balaban J connectivity index is 4.02. The fraction of sp³-hybridized carbons (Fsp3) is 0.667. The highest BCUT2D eigenvalue weighted by atomic mass is 32.2. The predicted molar refractivity (Wildman–Crippen MR) is 48.2 cm³/mol. The van der Waals surface area contributed by atoms with Crippen LogP contribution in [0.3, 0.4) is 0 Å². The molecule has 0 fully saturated rings. The molecule has 0 radical (unpaired) electrons. The minimum atomic E-state index is -1.27. The van der Waals surface area contributed by atoms with E-state index >= 15 is 0 Å². The van der Waals surface area contributed by atoms with Crippen LogP contribution in [0.15, 0.2) is 0 Å². The molecule has 0 aliphatic rings. The number of nitrogens with two attached hydrogens (primary N) is 1. The minimum Gasteiger partial charge on any atom is -0.465 e. The minimum absolute atomic E-state index is 0.365. The van der Waals surface area contributed by atoms with Crippen molar-refractivity contribution in [2.45, 2.75) is 12.5 Å². The summed E-state index contributed by atoms with van der Waals surface area (Å²) in [5.41, 5.74) is 0. The standard InChI is InChI=1S/C6H12N2O4S/c1-13-3-2-4(5(9)12-7)8-6(10)11/h4,8H,2-3,7H2,1H3,(H,10,11)/t4-/m0/s1. The van der Waals surface area contributed by atoms with Crippen molar-refractivity contribution in [2.75, 3.05) is 12.0 Å². The highest BCUT2D eigenvalue weighted by Crippen LogP contribution is 2.01. The number of nitrogens with one attached hydrogen (secondary N) is 1. The number of hydrogen-bond acceptors (Lipinski definition) is 5. The molecule has 1 atom stereocenters. The highest BCUT2D eigenvalue weighted by Gasteiger charge is 2.20. The molecule has 76 valence electrons. The molecule has 0 aromatic heterocycles. The molecule has 0 aliphatic heterocycles. The molecule has 0 bridgehead atoms. The van der Waals surface area contributed by atoms with E-state index in [9.17, 15) is 9.59 Å². The Morgan fingerprint density at radius 3 is 2.69 bits per heavy atom. The molecule has 0 saturated heterocycles. The summed E-state index contributed by atoms with van der Waals surface area (Å²) in [5, 5.41) is 10.4. The molecule has 0 saturated carbocycles. The summed E-state index contributed by atoms with van der Waals surface area (Å²) in [6.45, 7) is 0. The SMILES string of the molecule is CSCC[C@H](NC(=O)O)C(=O)ON. The van der Waals surface area contributed by atoms with Crippen molar-refractivity contribution >= 4 is 23.8 Å². The van der Waals surface area contributed by atoms with E-state index in [0.29, 0.717) is 12.2 Å². The summed E-state index contributed by atoms with van der Waals surface area (Å²) >= 11 is 1.50. The molecule has 0 rings (SSSR count). The maximum Gasteiger partial charge on any atom is 0.405 e. The van der Waals surface area contributed by atoms with Gasteiger partial charge in [-0.2, -0.15) is 17.7 Å². The lowest BCUT2D eigenvalue weighted by atomic mass is 10.2. The van der Waals surface area contributed by atoms with Crippen LogP contribution in [0.2, 0.25) is 0 Å². The van der Waals surface area contributed by atoms with Crippen molar-refractivity contribution in [3.8, 4) is 0 Å². The first-order valence-electron chi connectivity index (χ1n) is 3.50. The smallest absolute Gasteiger partial charge is 0.405 e. The van der Waals surface area contributed by atoms with Gasteiger partial charge in [0.1, 0.15) is 6.04 Å². The molecule has 0 spiro atoms. The first-order valence-corrected chi connectivity index (χ1v) is 4.90. The van der Waals surface area contributed by atoms with E-state index in [-0.39, 0.29) is 0 Å². The highest BCUT2D eigenvalue weighted by molar-refractivity contribution is 7.98. The van der Waals surface area contributed by atoms with Crippen LogP contribution in [0.4, 0.5) is 4.79 Å². The summed E-state index contributed by atoms with van der Waals surface area (Å²) < 4.78 is 0. The van der Waals surface area contributed by atoms with Crippen LogP contribution in [0, 0.1) is 0 Å². The van der Waals surface area contributed by atoms with Gasteiger partial charge in [0.05, 0.1) is 0 Å². The molecular formula is C6H12N2O4S. The number of carboxylic acid groups (broad SMARTS) is 1.